The number of hydrogen-bond acceptors (Lipinski definition) is 7. The Balaban J connectivity index is 1.64. The predicted octanol–water partition coefficient (Wildman–Crippen LogP) is 6.88. The number of rotatable bonds is 7. The molecule has 1 aliphatic heterocycles. The summed E-state index contributed by atoms with van der Waals surface area (Å²) in [6.45, 7) is 8.96. The number of nitrogens with zero attached hydrogens (tertiary/aromatic N) is 3. The van der Waals surface area contributed by atoms with Crippen LogP contribution in [0.2, 0.25) is 10.0 Å². The van der Waals surface area contributed by atoms with Crippen LogP contribution in [0.1, 0.15) is 59.1 Å². The highest BCUT2D eigenvalue weighted by Crippen LogP contribution is 2.43. The molecule has 0 spiro atoms. The molecule has 0 saturated heterocycles. The largest absolute Gasteiger partial charge is 0.383 e. The van der Waals surface area contributed by atoms with E-state index in [-0.39, 0.29) is 21.5 Å². The Hall–Kier alpha value is -3.25. The molecular formula is C28H30Cl2FN7. The molecule has 1 saturated carbocycles. The molecule has 2 heterocycles. The quantitative estimate of drug-likeness (QED) is 0.253. The molecule has 1 atom stereocenters. The van der Waals surface area contributed by atoms with Gasteiger partial charge < -0.3 is 16.1 Å². The van der Waals surface area contributed by atoms with Crippen molar-refractivity contribution in [2.45, 2.75) is 52.1 Å². The van der Waals surface area contributed by atoms with Gasteiger partial charge in [-0.25, -0.2) is 4.39 Å². The Morgan fingerprint density at radius 3 is 2.71 bits per heavy atom. The molecule has 4 N–H and O–H groups in total. The Labute approximate surface area is 233 Å². The molecule has 0 unspecified atom stereocenters. The van der Waals surface area contributed by atoms with E-state index in [0.717, 1.165) is 12.8 Å². The smallest absolute Gasteiger partial charge is 0.130 e. The molecule has 2 aliphatic rings. The molecular weight excluding hydrogens is 524 g/mol. The highest BCUT2D eigenvalue weighted by atomic mass is 35.5. The summed E-state index contributed by atoms with van der Waals surface area (Å²) in [5.74, 6) is -0.628. The number of hydrogen-bond donors (Lipinski definition) is 4. The summed E-state index contributed by atoms with van der Waals surface area (Å²) < 4.78 is 24.9. The summed E-state index contributed by atoms with van der Waals surface area (Å²) >= 11 is 13.2. The van der Waals surface area contributed by atoms with E-state index >= 15 is 4.39 Å². The third-order valence-electron chi connectivity index (χ3n) is 6.72. The fraction of sp³-hybridized carbons (Fsp3) is 0.357. The van der Waals surface area contributed by atoms with E-state index in [1.807, 2.05) is 5.01 Å². The van der Waals surface area contributed by atoms with Crippen molar-refractivity contribution in [1.82, 2.24) is 21.0 Å². The van der Waals surface area contributed by atoms with Crippen LogP contribution in [0.5, 0.6) is 0 Å². The average Bonchev–Trinajstić information content (AvgIpc) is 3.39. The van der Waals surface area contributed by atoms with Gasteiger partial charge in [0, 0.05) is 40.6 Å². The molecule has 10 heteroatoms. The van der Waals surface area contributed by atoms with E-state index in [9.17, 15) is 6.63 Å². The van der Waals surface area contributed by atoms with E-state index in [2.05, 4.69) is 60.3 Å². The third-order valence-corrected chi connectivity index (χ3v) is 7.32. The minimum Gasteiger partial charge on any atom is -0.383 e. The molecule has 1 aliphatic carbocycles. The molecule has 38 heavy (non-hydrogen) atoms. The van der Waals surface area contributed by atoms with E-state index in [1.54, 1.807) is 24.4 Å². The average molecular weight is 556 g/mol. The highest BCUT2D eigenvalue weighted by molar-refractivity contribution is 6.36. The Kier molecular flexibility index (Phi) is 6.47. The Morgan fingerprint density at radius 2 is 2.05 bits per heavy atom. The number of pyridine rings is 1. The van der Waals surface area contributed by atoms with E-state index in [0.29, 0.717) is 45.1 Å². The zero-order valence-electron chi connectivity index (χ0n) is 22.6. The number of benzene rings is 2. The SMILES string of the molecule is [2H][C@](Nc1cc(Cl)c2ncc(C#N)c(NCC(C)(C)C)c2c1)(C1=CN(C2(C)CC2)NN1)c1c(F)cccc1Cl. The number of fused-ring (bicyclic) bond motifs is 1. The van der Waals surface area contributed by atoms with Crippen molar-refractivity contribution < 1.29 is 5.76 Å². The first-order chi connectivity index (χ1) is 18.3. The van der Waals surface area contributed by atoms with Gasteiger partial charge >= 0.3 is 0 Å². The van der Waals surface area contributed by atoms with Gasteiger partial charge in [0.15, 0.2) is 0 Å². The lowest BCUT2D eigenvalue weighted by Crippen LogP contribution is -2.43. The summed E-state index contributed by atoms with van der Waals surface area (Å²) in [7, 11) is 0. The molecule has 0 bridgehead atoms. The van der Waals surface area contributed by atoms with Crippen LogP contribution in [0.25, 0.3) is 10.9 Å². The normalized spacial score (nSPS) is 18.2. The molecule has 3 aromatic rings. The van der Waals surface area contributed by atoms with E-state index < -0.39 is 11.8 Å². The van der Waals surface area contributed by atoms with Crippen molar-refractivity contribution in [1.29, 1.82) is 5.26 Å². The van der Waals surface area contributed by atoms with Crippen molar-refractivity contribution >= 4 is 45.5 Å². The van der Waals surface area contributed by atoms with Crippen molar-refractivity contribution in [2.75, 3.05) is 17.2 Å². The van der Waals surface area contributed by atoms with Gasteiger partial charge in [0.25, 0.3) is 0 Å². The lowest BCUT2D eigenvalue weighted by Gasteiger charge is -2.24. The van der Waals surface area contributed by atoms with E-state index in [1.165, 1.54) is 18.3 Å². The fourth-order valence-electron chi connectivity index (χ4n) is 4.26. The number of hydrazine groups is 2. The summed E-state index contributed by atoms with van der Waals surface area (Å²) in [5.41, 5.74) is 8.19. The number of aromatic nitrogens is 1. The van der Waals surface area contributed by atoms with Crippen molar-refractivity contribution in [2.24, 2.45) is 5.41 Å². The summed E-state index contributed by atoms with van der Waals surface area (Å²) in [6, 6.07) is 8.06. The molecule has 1 aromatic heterocycles. The van der Waals surface area contributed by atoms with Crippen LogP contribution >= 0.6 is 23.2 Å². The van der Waals surface area contributed by atoms with Gasteiger partial charge in [0.1, 0.15) is 11.9 Å². The summed E-state index contributed by atoms with van der Waals surface area (Å²) in [6.07, 6.45) is 5.24. The van der Waals surface area contributed by atoms with Crippen LogP contribution in [0.15, 0.2) is 48.4 Å². The second-order valence-corrected chi connectivity index (χ2v) is 12.0. The van der Waals surface area contributed by atoms with Gasteiger partial charge in [-0.15, -0.1) is 5.53 Å². The molecule has 0 amide bonds. The van der Waals surface area contributed by atoms with Crippen molar-refractivity contribution in [3.63, 3.8) is 0 Å². The molecule has 2 aromatic carbocycles. The maximum Gasteiger partial charge on any atom is 0.130 e. The zero-order valence-corrected chi connectivity index (χ0v) is 23.2. The van der Waals surface area contributed by atoms with Crippen LogP contribution in [0.4, 0.5) is 15.8 Å². The van der Waals surface area contributed by atoms with Gasteiger partial charge in [0.05, 0.1) is 40.4 Å². The van der Waals surface area contributed by atoms with Crippen molar-refractivity contribution in [3.05, 3.63) is 75.4 Å². The first-order valence-electron chi connectivity index (χ1n) is 12.9. The van der Waals surface area contributed by atoms with Gasteiger partial charge in [-0.3, -0.25) is 9.99 Å². The number of nitriles is 1. The monoisotopic (exact) mass is 554 g/mol. The van der Waals surface area contributed by atoms with Crippen molar-refractivity contribution in [3.8, 4) is 6.07 Å². The minimum absolute atomic E-state index is 0.0405. The number of halogens is 3. The maximum absolute atomic E-state index is 15.3. The second kappa shape index (κ2) is 9.81. The lowest BCUT2D eigenvalue weighted by molar-refractivity contribution is 0.190. The standard InChI is InChI=1S/C28H30Cl2FN7/c1-27(2,3)15-34-24-16(12-32)13-33-25-18(24)10-17(11-20(25)30)35-26(23-19(29)6-5-7-21(23)31)22-14-38(37-36-22)28(4)8-9-28/h5-7,10-11,13-14,26,35-37H,8-9,15H2,1-4H3,(H,33,34)/t26-/m0/s1/i26D. The highest BCUT2D eigenvalue weighted by Gasteiger charge is 2.45. The topological polar surface area (TPSA) is 88.0 Å². The summed E-state index contributed by atoms with van der Waals surface area (Å²) in [5, 5.41) is 19.3. The molecule has 198 valence electrons. The van der Waals surface area contributed by atoms with E-state index in [4.69, 9.17) is 23.2 Å². The third kappa shape index (κ3) is 5.19. The molecule has 5 rings (SSSR count). The van der Waals surface area contributed by atoms with Gasteiger partial charge in [-0.05, 0) is 49.4 Å². The Morgan fingerprint density at radius 1 is 1.29 bits per heavy atom. The molecule has 7 nitrogen and oxygen atoms in total. The van der Waals surface area contributed by atoms with Crippen LogP contribution in [-0.4, -0.2) is 22.1 Å². The minimum atomic E-state index is -1.87. The number of nitrogens with one attached hydrogen (secondary N) is 4. The first-order valence-corrected chi connectivity index (χ1v) is 13.1. The van der Waals surface area contributed by atoms with Gasteiger partial charge in [-0.2, -0.15) is 5.26 Å². The maximum atomic E-state index is 15.3. The van der Waals surface area contributed by atoms with Gasteiger partial charge in [0.2, 0.25) is 0 Å². The van der Waals surface area contributed by atoms with Crippen LogP contribution in [0.3, 0.4) is 0 Å². The molecule has 1 fully saturated rings. The Bertz CT molecular complexity index is 1510. The van der Waals surface area contributed by atoms with Crippen LogP contribution in [-0.2, 0) is 0 Å². The predicted molar refractivity (Wildman–Crippen MR) is 151 cm³/mol. The van der Waals surface area contributed by atoms with Gasteiger partial charge in [-0.1, -0.05) is 50.0 Å². The first kappa shape index (κ1) is 25.1. The van der Waals surface area contributed by atoms with Crippen LogP contribution in [0, 0.1) is 22.6 Å². The summed E-state index contributed by atoms with van der Waals surface area (Å²) in [4.78, 5) is 4.41. The molecule has 0 radical (unpaired) electrons. The zero-order chi connectivity index (χ0) is 28.2. The lowest BCUT2D eigenvalue weighted by atomic mass is 9.96. The fourth-order valence-corrected chi connectivity index (χ4v) is 4.79. The van der Waals surface area contributed by atoms with Crippen LogP contribution < -0.4 is 21.6 Å². The second-order valence-electron chi connectivity index (χ2n) is 11.2. The number of anilines is 2.